The first-order chi connectivity index (χ1) is 12.2. The van der Waals surface area contributed by atoms with Crippen LogP contribution in [0.25, 0.3) is 0 Å². The van der Waals surface area contributed by atoms with Crippen molar-refractivity contribution >= 4 is 30.3 Å². The highest BCUT2D eigenvalue weighted by molar-refractivity contribution is 8.00. The Morgan fingerprint density at radius 2 is 1.96 bits per heavy atom. The zero-order valence-corrected chi connectivity index (χ0v) is 17.3. The molecule has 1 fully saturated rings. The van der Waals surface area contributed by atoms with E-state index < -0.39 is 0 Å². The van der Waals surface area contributed by atoms with E-state index in [0.29, 0.717) is 18.3 Å². The monoisotopic (exact) mass is 376 g/mol. The van der Waals surface area contributed by atoms with Crippen LogP contribution in [0.1, 0.15) is 59.4 Å². The largest absolute Gasteiger partial charge is 0.494 e. The normalized spacial score (nSPS) is 23.6. The third kappa shape index (κ3) is 4.13. The number of benzene rings is 1. The highest BCUT2D eigenvalue weighted by atomic mass is 32.2. The number of rotatable bonds is 5. The lowest BCUT2D eigenvalue weighted by Gasteiger charge is -2.32. The van der Waals surface area contributed by atoms with Crippen LogP contribution in [-0.2, 0) is 25.3 Å². The number of carbonyl (C=O) groups is 1. The summed E-state index contributed by atoms with van der Waals surface area (Å²) in [6.45, 7) is 10.6. The summed E-state index contributed by atoms with van der Waals surface area (Å²) in [5, 5.41) is 0.481. The molecule has 0 spiro atoms. The van der Waals surface area contributed by atoms with Crippen LogP contribution in [0.3, 0.4) is 0 Å². The molecule has 1 aromatic rings. The van der Waals surface area contributed by atoms with Gasteiger partial charge in [-0.2, -0.15) is 0 Å². The lowest BCUT2D eigenvalue weighted by atomic mass is 9.78. The van der Waals surface area contributed by atoms with E-state index in [1.54, 1.807) is 0 Å². The molecule has 0 bridgehead atoms. The fraction of sp³-hybridized carbons (Fsp3) is 0.650. The number of hydrogen-bond donors (Lipinski definition) is 0. The minimum Gasteiger partial charge on any atom is -0.466 e. The molecule has 26 heavy (non-hydrogen) atoms. The summed E-state index contributed by atoms with van der Waals surface area (Å²) in [4.78, 5) is 12.9. The molecule has 0 N–H and O–H groups in total. The van der Waals surface area contributed by atoms with E-state index in [4.69, 9.17) is 14.0 Å². The van der Waals surface area contributed by atoms with Crippen LogP contribution in [0.4, 0.5) is 0 Å². The van der Waals surface area contributed by atoms with Crippen LogP contribution in [-0.4, -0.2) is 36.1 Å². The molecule has 4 nitrogen and oxygen atoms in total. The van der Waals surface area contributed by atoms with Crippen molar-refractivity contribution in [2.45, 2.75) is 81.6 Å². The lowest BCUT2D eigenvalue weighted by Crippen LogP contribution is -2.41. The summed E-state index contributed by atoms with van der Waals surface area (Å²) in [7, 11) is -0.308. The Bertz CT molecular complexity index is 658. The van der Waals surface area contributed by atoms with Crippen molar-refractivity contribution in [1.29, 1.82) is 0 Å². The maximum atomic E-state index is 11.6. The number of ether oxygens (including phenoxy) is 1. The molecule has 1 aromatic carbocycles. The van der Waals surface area contributed by atoms with Gasteiger partial charge >= 0.3 is 13.1 Å². The van der Waals surface area contributed by atoms with Crippen LogP contribution in [0.5, 0.6) is 0 Å². The van der Waals surface area contributed by atoms with Crippen LogP contribution >= 0.6 is 11.8 Å². The number of fused-ring (bicyclic) bond motifs is 1. The van der Waals surface area contributed by atoms with Gasteiger partial charge in [0, 0.05) is 16.6 Å². The summed E-state index contributed by atoms with van der Waals surface area (Å²) in [5.41, 5.74) is 1.81. The number of aryl methyl sites for hydroxylation is 1. The fourth-order valence-electron chi connectivity index (χ4n) is 3.31. The number of carbonyl (C=O) groups excluding carboxylic acids is 1. The van der Waals surface area contributed by atoms with Gasteiger partial charge in [0.15, 0.2) is 0 Å². The van der Waals surface area contributed by atoms with Crippen molar-refractivity contribution in [3.63, 3.8) is 0 Å². The van der Waals surface area contributed by atoms with Crippen molar-refractivity contribution in [3.8, 4) is 0 Å². The quantitative estimate of drug-likeness (QED) is 0.579. The van der Waals surface area contributed by atoms with E-state index in [2.05, 4.69) is 45.9 Å². The predicted molar refractivity (Wildman–Crippen MR) is 106 cm³/mol. The molecule has 142 valence electrons. The Kier molecular flexibility index (Phi) is 5.76. The van der Waals surface area contributed by atoms with Gasteiger partial charge in [0.25, 0.3) is 0 Å². The van der Waals surface area contributed by atoms with Crippen molar-refractivity contribution in [3.05, 3.63) is 23.8 Å². The van der Waals surface area contributed by atoms with Crippen LogP contribution in [0.15, 0.2) is 23.1 Å². The number of esters is 1. The van der Waals surface area contributed by atoms with E-state index in [9.17, 15) is 4.79 Å². The van der Waals surface area contributed by atoms with Crippen LogP contribution in [0, 0.1) is 0 Å². The first-order valence-corrected chi connectivity index (χ1v) is 10.4. The van der Waals surface area contributed by atoms with E-state index >= 15 is 0 Å². The van der Waals surface area contributed by atoms with Gasteiger partial charge in [-0.1, -0.05) is 12.1 Å². The lowest BCUT2D eigenvalue weighted by molar-refractivity contribution is -0.143. The minimum absolute atomic E-state index is 0.0880. The third-order valence-corrected chi connectivity index (χ3v) is 7.07. The summed E-state index contributed by atoms with van der Waals surface area (Å²) in [6.07, 6.45) is 3.50. The van der Waals surface area contributed by atoms with Gasteiger partial charge in [-0.05, 0) is 71.0 Å². The molecule has 0 aliphatic carbocycles. The van der Waals surface area contributed by atoms with E-state index in [1.807, 2.05) is 18.7 Å². The summed E-state index contributed by atoms with van der Waals surface area (Å²) in [5.74, 6) is -0.0880. The molecule has 2 aliphatic rings. The smallest absolute Gasteiger partial charge is 0.466 e. The Morgan fingerprint density at radius 3 is 2.62 bits per heavy atom. The third-order valence-electron chi connectivity index (χ3n) is 5.62. The topological polar surface area (TPSA) is 44.8 Å². The molecule has 0 aromatic heterocycles. The van der Waals surface area contributed by atoms with Crippen LogP contribution < -0.4 is 5.46 Å². The Balaban J connectivity index is 1.64. The maximum absolute atomic E-state index is 11.6. The van der Waals surface area contributed by atoms with Gasteiger partial charge in [0.05, 0.1) is 17.8 Å². The molecule has 0 radical (unpaired) electrons. The van der Waals surface area contributed by atoms with Gasteiger partial charge in [-0.15, -0.1) is 11.8 Å². The highest BCUT2D eigenvalue weighted by Gasteiger charge is 2.51. The maximum Gasteiger partial charge on any atom is 0.494 e. The van der Waals surface area contributed by atoms with Crippen LogP contribution in [0.2, 0.25) is 0 Å². The molecule has 0 saturated carbocycles. The van der Waals surface area contributed by atoms with E-state index in [1.165, 1.54) is 10.5 Å². The first kappa shape index (κ1) is 19.8. The highest BCUT2D eigenvalue weighted by Crippen LogP contribution is 2.39. The zero-order chi connectivity index (χ0) is 18.9. The second-order valence-electron chi connectivity index (χ2n) is 8.08. The summed E-state index contributed by atoms with van der Waals surface area (Å²) >= 11 is 1.88. The summed E-state index contributed by atoms with van der Waals surface area (Å²) in [6, 6.07) is 6.52. The van der Waals surface area contributed by atoms with E-state index in [0.717, 1.165) is 24.7 Å². The van der Waals surface area contributed by atoms with E-state index in [-0.39, 0.29) is 24.3 Å². The first-order valence-electron chi connectivity index (χ1n) is 9.52. The fourth-order valence-corrected chi connectivity index (χ4v) is 4.60. The molecular formula is C20H29BO4S. The van der Waals surface area contributed by atoms with Crippen molar-refractivity contribution < 1.29 is 18.8 Å². The standard InChI is InChI=1S/C20H29BO4S/c1-6-23-18(22)12-10-16-9-7-14-13-15(8-11-17(14)26-16)21-24-19(2,3)20(4,5)25-21/h8,11,13,16H,6-7,9-10,12H2,1-5H3. The van der Waals surface area contributed by atoms with Gasteiger partial charge in [-0.25, -0.2) is 0 Å². The molecule has 3 rings (SSSR count). The predicted octanol–water partition coefficient (Wildman–Crippen LogP) is 3.74. The average molecular weight is 376 g/mol. The average Bonchev–Trinajstić information content (AvgIpc) is 2.80. The molecule has 2 heterocycles. The van der Waals surface area contributed by atoms with Gasteiger partial charge < -0.3 is 14.0 Å². The van der Waals surface area contributed by atoms with Gasteiger partial charge in [-0.3, -0.25) is 4.79 Å². The summed E-state index contributed by atoms with van der Waals surface area (Å²) < 4.78 is 17.4. The van der Waals surface area contributed by atoms with Crippen molar-refractivity contribution in [2.75, 3.05) is 6.61 Å². The Morgan fingerprint density at radius 1 is 1.27 bits per heavy atom. The minimum atomic E-state index is -0.319. The molecule has 0 amide bonds. The molecule has 1 saturated heterocycles. The molecule has 6 heteroatoms. The Labute approximate surface area is 161 Å². The second-order valence-corrected chi connectivity index (χ2v) is 9.42. The molecule has 1 unspecified atom stereocenters. The van der Waals surface area contributed by atoms with Crippen molar-refractivity contribution in [1.82, 2.24) is 0 Å². The molecular weight excluding hydrogens is 347 g/mol. The molecule has 2 aliphatic heterocycles. The number of hydrogen-bond acceptors (Lipinski definition) is 5. The molecule has 1 atom stereocenters. The van der Waals surface area contributed by atoms with Gasteiger partial charge in [0.2, 0.25) is 0 Å². The SMILES string of the molecule is CCOC(=O)CCC1CCc2cc(B3OC(C)(C)C(C)(C)O3)ccc2S1. The number of thioether (sulfide) groups is 1. The second kappa shape index (κ2) is 7.57. The Hall–Kier alpha value is -0.975. The zero-order valence-electron chi connectivity index (χ0n) is 16.5. The van der Waals surface area contributed by atoms with Gasteiger partial charge in [0.1, 0.15) is 0 Å². The van der Waals surface area contributed by atoms with Crippen molar-refractivity contribution in [2.24, 2.45) is 0 Å².